The maximum absolute atomic E-state index is 12.0. The molecule has 1 aliphatic rings. The molecule has 0 aliphatic heterocycles. The quantitative estimate of drug-likeness (QED) is 0.722. The highest BCUT2D eigenvalue weighted by molar-refractivity contribution is 7.88. The van der Waals surface area contributed by atoms with Crippen molar-refractivity contribution in [2.24, 2.45) is 5.92 Å². The van der Waals surface area contributed by atoms with E-state index in [4.69, 9.17) is 0 Å². The first-order chi connectivity index (χ1) is 9.50. The molecular weight excluding hydrogens is 272 g/mol. The molecule has 2 N–H and O–H groups in total. The highest BCUT2D eigenvalue weighted by atomic mass is 32.2. The molecule has 0 radical (unpaired) electrons. The van der Waals surface area contributed by atoms with Crippen molar-refractivity contribution < 1.29 is 8.42 Å². The minimum Gasteiger partial charge on any atom is -0.313 e. The summed E-state index contributed by atoms with van der Waals surface area (Å²) in [6.45, 7) is 6.03. The van der Waals surface area contributed by atoms with E-state index in [1.807, 2.05) is 24.3 Å². The second kappa shape index (κ2) is 6.70. The topological polar surface area (TPSA) is 58.2 Å². The van der Waals surface area contributed by atoms with Crippen LogP contribution in [0.1, 0.15) is 37.8 Å². The van der Waals surface area contributed by atoms with Crippen molar-refractivity contribution in [2.45, 2.75) is 45.0 Å². The summed E-state index contributed by atoms with van der Waals surface area (Å²) in [5.74, 6) is 0.551. The van der Waals surface area contributed by atoms with Crippen molar-refractivity contribution in [1.82, 2.24) is 10.0 Å². The molecule has 0 bridgehead atoms. The van der Waals surface area contributed by atoms with E-state index >= 15 is 0 Å². The van der Waals surface area contributed by atoms with Crippen LogP contribution in [0.5, 0.6) is 0 Å². The standard InChI is InChI=1S/C15H24N2O2S/c1-3-8-16-10-13-4-6-14(7-5-13)11-20(18,19)17-15-9-12(15)2/h4-7,12,15-17H,3,8-11H2,1-2H3. The second-order valence-corrected chi connectivity index (χ2v) is 7.44. The zero-order valence-corrected chi connectivity index (χ0v) is 13.0. The van der Waals surface area contributed by atoms with Crippen molar-refractivity contribution in [3.63, 3.8) is 0 Å². The van der Waals surface area contributed by atoms with Gasteiger partial charge < -0.3 is 5.32 Å². The first-order valence-electron chi connectivity index (χ1n) is 7.28. The van der Waals surface area contributed by atoms with Gasteiger partial charge in [0.05, 0.1) is 5.75 Å². The fraction of sp³-hybridized carbons (Fsp3) is 0.600. The van der Waals surface area contributed by atoms with E-state index in [0.29, 0.717) is 5.92 Å². The summed E-state index contributed by atoms with van der Waals surface area (Å²) in [5.41, 5.74) is 2.02. The Morgan fingerprint density at radius 3 is 2.35 bits per heavy atom. The first kappa shape index (κ1) is 15.5. The Balaban J connectivity index is 1.86. The number of sulfonamides is 1. The van der Waals surface area contributed by atoms with Gasteiger partial charge in [-0.3, -0.25) is 0 Å². The predicted octanol–water partition coefficient (Wildman–Crippen LogP) is 2.01. The molecule has 0 spiro atoms. The van der Waals surface area contributed by atoms with E-state index in [9.17, 15) is 8.42 Å². The Hall–Kier alpha value is -0.910. The lowest BCUT2D eigenvalue weighted by Gasteiger charge is -2.07. The van der Waals surface area contributed by atoms with Crippen LogP contribution in [0.25, 0.3) is 0 Å². The summed E-state index contributed by atoms with van der Waals surface area (Å²) in [5, 5.41) is 3.33. The van der Waals surface area contributed by atoms with Gasteiger partial charge in [0.2, 0.25) is 10.0 Å². The minimum absolute atomic E-state index is 0.0683. The maximum atomic E-state index is 12.0. The number of hydrogen-bond acceptors (Lipinski definition) is 3. The molecule has 4 nitrogen and oxygen atoms in total. The molecule has 0 amide bonds. The molecule has 20 heavy (non-hydrogen) atoms. The van der Waals surface area contributed by atoms with Crippen LogP contribution < -0.4 is 10.0 Å². The smallest absolute Gasteiger partial charge is 0.216 e. The largest absolute Gasteiger partial charge is 0.313 e. The fourth-order valence-corrected chi connectivity index (χ4v) is 3.65. The fourth-order valence-electron chi connectivity index (χ4n) is 2.14. The third-order valence-corrected chi connectivity index (χ3v) is 4.95. The Morgan fingerprint density at radius 2 is 1.80 bits per heavy atom. The summed E-state index contributed by atoms with van der Waals surface area (Å²) >= 11 is 0. The normalized spacial score (nSPS) is 21.9. The molecule has 0 aromatic heterocycles. The Bertz CT molecular complexity index is 525. The molecule has 1 aromatic carbocycles. The number of nitrogens with one attached hydrogen (secondary N) is 2. The average molecular weight is 296 g/mol. The lowest BCUT2D eigenvalue weighted by molar-refractivity contribution is 0.577. The molecule has 1 saturated carbocycles. The highest BCUT2D eigenvalue weighted by Gasteiger charge is 2.35. The van der Waals surface area contributed by atoms with Gasteiger partial charge in [-0.05, 0) is 36.4 Å². The van der Waals surface area contributed by atoms with Gasteiger partial charge in [-0.15, -0.1) is 0 Å². The van der Waals surface area contributed by atoms with Crippen LogP contribution >= 0.6 is 0 Å². The van der Waals surface area contributed by atoms with Gasteiger partial charge in [0.1, 0.15) is 0 Å². The van der Waals surface area contributed by atoms with Crippen molar-refractivity contribution in [3.8, 4) is 0 Å². The molecule has 5 heteroatoms. The van der Waals surface area contributed by atoms with Crippen LogP contribution in [0.4, 0.5) is 0 Å². The van der Waals surface area contributed by atoms with Gasteiger partial charge in [-0.2, -0.15) is 0 Å². The molecule has 2 rings (SSSR count). The summed E-state index contributed by atoms with van der Waals surface area (Å²) in [7, 11) is -3.20. The van der Waals surface area contributed by atoms with Crippen LogP contribution in [0, 0.1) is 5.92 Å². The molecule has 112 valence electrons. The molecule has 2 atom stereocenters. The summed E-state index contributed by atoms with van der Waals surface area (Å²) in [6.07, 6.45) is 2.07. The van der Waals surface area contributed by atoms with Gasteiger partial charge in [0.15, 0.2) is 0 Å². The number of rotatable bonds is 8. The van der Waals surface area contributed by atoms with Gasteiger partial charge in [-0.25, -0.2) is 13.1 Å². The van der Waals surface area contributed by atoms with Crippen LogP contribution in [-0.2, 0) is 22.3 Å². The minimum atomic E-state index is -3.20. The summed E-state index contributed by atoms with van der Waals surface area (Å²) in [6, 6.07) is 7.94. The molecule has 0 heterocycles. The van der Waals surface area contributed by atoms with E-state index < -0.39 is 10.0 Å². The molecule has 1 aromatic rings. The zero-order chi connectivity index (χ0) is 14.6. The van der Waals surface area contributed by atoms with Crippen LogP contribution in [0.2, 0.25) is 0 Å². The van der Waals surface area contributed by atoms with Crippen LogP contribution in [0.15, 0.2) is 24.3 Å². The van der Waals surface area contributed by atoms with E-state index in [0.717, 1.165) is 31.5 Å². The molecule has 0 saturated heterocycles. The Morgan fingerprint density at radius 1 is 1.20 bits per heavy atom. The summed E-state index contributed by atoms with van der Waals surface area (Å²) < 4.78 is 26.7. The van der Waals surface area contributed by atoms with E-state index in [2.05, 4.69) is 23.9 Å². The van der Waals surface area contributed by atoms with Crippen molar-refractivity contribution in [3.05, 3.63) is 35.4 Å². The second-order valence-electron chi connectivity index (χ2n) is 5.69. The third kappa shape index (κ3) is 4.89. The Kier molecular flexibility index (Phi) is 5.18. The summed E-state index contributed by atoms with van der Waals surface area (Å²) in [4.78, 5) is 0. The molecular formula is C15H24N2O2S. The van der Waals surface area contributed by atoms with Crippen molar-refractivity contribution in [1.29, 1.82) is 0 Å². The van der Waals surface area contributed by atoms with Gasteiger partial charge in [0, 0.05) is 12.6 Å². The maximum Gasteiger partial charge on any atom is 0.216 e. The van der Waals surface area contributed by atoms with Gasteiger partial charge >= 0.3 is 0 Å². The monoisotopic (exact) mass is 296 g/mol. The highest BCUT2D eigenvalue weighted by Crippen LogP contribution is 2.30. The average Bonchev–Trinajstić information content (AvgIpc) is 3.06. The van der Waals surface area contributed by atoms with Crippen molar-refractivity contribution in [2.75, 3.05) is 6.54 Å². The van der Waals surface area contributed by atoms with E-state index in [1.54, 1.807) is 0 Å². The van der Waals surface area contributed by atoms with Gasteiger partial charge in [0.25, 0.3) is 0 Å². The third-order valence-electron chi connectivity index (χ3n) is 3.58. The molecule has 2 unspecified atom stereocenters. The van der Waals surface area contributed by atoms with Crippen molar-refractivity contribution >= 4 is 10.0 Å². The first-order valence-corrected chi connectivity index (χ1v) is 8.94. The van der Waals surface area contributed by atoms with E-state index in [-0.39, 0.29) is 11.8 Å². The zero-order valence-electron chi connectivity index (χ0n) is 12.2. The lowest BCUT2D eigenvalue weighted by atomic mass is 10.1. The van der Waals surface area contributed by atoms with Crippen LogP contribution in [-0.4, -0.2) is 21.0 Å². The predicted molar refractivity (Wildman–Crippen MR) is 81.8 cm³/mol. The molecule has 1 fully saturated rings. The lowest BCUT2D eigenvalue weighted by Crippen LogP contribution is -2.28. The van der Waals surface area contributed by atoms with Gasteiger partial charge in [-0.1, -0.05) is 38.1 Å². The Labute approximate surface area is 122 Å². The SMILES string of the molecule is CCCNCc1ccc(CS(=O)(=O)NC2CC2C)cc1. The molecule has 1 aliphatic carbocycles. The number of hydrogen-bond donors (Lipinski definition) is 2. The van der Waals surface area contributed by atoms with Crippen LogP contribution in [0.3, 0.4) is 0 Å². The van der Waals surface area contributed by atoms with E-state index in [1.165, 1.54) is 5.56 Å². The number of benzene rings is 1.